The van der Waals surface area contributed by atoms with Crippen molar-refractivity contribution in [3.05, 3.63) is 65.7 Å². The molecule has 0 radical (unpaired) electrons. The lowest BCUT2D eigenvalue weighted by Crippen LogP contribution is -2.62. The Bertz CT molecular complexity index is 739. The summed E-state index contributed by atoms with van der Waals surface area (Å²) in [6, 6.07) is 19.2. The zero-order valence-electron chi connectivity index (χ0n) is 18.4. The van der Waals surface area contributed by atoms with E-state index in [9.17, 15) is 0 Å². The van der Waals surface area contributed by atoms with Crippen molar-refractivity contribution in [3.8, 4) is 5.75 Å². The van der Waals surface area contributed by atoms with Gasteiger partial charge in [-0.05, 0) is 70.2 Å². The first kappa shape index (κ1) is 21.8. The van der Waals surface area contributed by atoms with Crippen LogP contribution in [0.4, 0.5) is 0 Å². The largest absolute Gasteiger partial charge is 0.489 e. The van der Waals surface area contributed by atoms with E-state index < -0.39 is 0 Å². The van der Waals surface area contributed by atoms with Crippen molar-refractivity contribution in [2.75, 3.05) is 6.54 Å². The van der Waals surface area contributed by atoms with Crippen LogP contribution in [0, 0.1) is 0 Å². The number of nitrogens with one attached hydrogen (secondary N) is 2. The number of hydrogen-bond donors (Lipinski definition) is 3. The highest BCUT2D eigenvalue weighted by atomic mass is 16.5. The summed E-state index contributed by atoms with van der Waals surface area (Å²) < 4.78 is 5.87. The van der Waals surface area contributed by atoms with Gasteiger partial charge in [0.05, 0.1) is 0 Å². The van der Waals surface area contributed by atoms with Crippen LogP contribution in [0.3, 0.4) is 0 Å². The zero-order valence-corrected chi connectivity index (χ0v) is 18.4. The predicted octanol–water partition coefficient (Wildman–Crippen LogP) is 4.03. The molecule has 0 saturated carbocycles. The van der Waals surface area contributed by atoms with Gasteiger partial charge in [0.15, 0.2) is 0 Å². The topological polar surface area (TPSA) is 59.3 Å². The molecule has 1 fully saturated rings. The molecule has 1 heterocycles. The van der Waals surface area contributed by atoms with E-state index in [-0.39, 0.29) is 17.1 Å². The van der Waals surface area contributed by atoms with Gasteiger partial charge in [-0.25, -0.2) is 0 Å². The Hall–Kier alpha value is -1.88. The van der Waals surface area contributed by atoms with E-state index in [4.69, 9.17) is 10.5 Å². The molecule has 1 aliphatic heterocycles. The van der Waals surface area contributed by atoms with Gasteiger partial charge in [-0.3, -0.25) is 0 Å². The minimum atomic E-state index is 0.104. The minimum absolute atomic E-state index is 0.104. The van der Waals surface area contributed by atoms with Crippen molar-refractivity contribution < 1.29 is 4.74 Å². The normalized spacial score (nSPS) is 19.6. The molecule has 1 aliphatic rings. The lowest BCUT2D eigenvalue weighted by atomic mass is 9.79. The standard InChI is InChI=1S/C25H37N3O/c1-24(2)15-22(16-25(3,4)28-24)27-17-21(26)14-19-10-12-23(13-11-19)29-18-20-8-6-5-7-9-20/h5-13,21-22,27-28H,14-18,26H2,1-4H3/t21-/m0/s1. The van der Waals surface area contributed by atoms with Gasteiger partial charge in [0, 0.05) is 29.7 Å². The van der Waals surface area contributed by atoms with E-state index in [0.29, 0.717) is 12.6 Å². The van der Waals surface area contributed by atoms with E-state index in [1.165, 1.54) is 11.1 Å². The summed E-state index contributed by atoms with van der Waals surface area (Å²) in [5.74, 6) is 0.892. The highest BCUT2D eigenvalue weighted by Gasteiger charge is 2.37. The third-order valence-corrected chi connectivity index (χ3v) is 5.53. The first-order valence-electron chi connectivity index (χ1n) is 10.7. The average Bonchev–Trinajstić information content (AvgIpc) is 2.64. The summed E-state index contributed by atoms with van der Waals surface area (Å²) in [4.78, 5) is 0. The molecular weight excluding hydrogens is 358 g/mol. The fraction of sp³-hybridized carbons (Fsp3) is 0.520. The summed E-state index contributed by atoms with van der Waals surface area (Å²) in [5, 5.41) is 7.45. The van der Waals surface area contributed by atoms with Crippen molar-refractivity contribution in [1.82, 2.24) is 10.6 Å². The Morgan fingerprint density at radius 2 is 1.59 bits per heavy atom. The molecule has 1 saturated heterocycles. The Labute approximate surface area is 176 Å². The number of rotatable bonds is 8. The van der Waals surface area contributed by atoms with Gasteiger partial charge in [-0.15, -0.1) is 0 Å². The molecule has 29 heavy (non-hydrogen) atoms. The van der Waals surface area contributed by atoms with Crippen LogP contribution in [0.5, 0.6) is 5.75 Å². The van der Waals surface area contributed by atoms with Crippen LogP contribution in [0.2, 0.25) is 0 Å². The second kappa shape index (κ2) is 9.29. The average molecular weight is 396 g/mol. The fourth-order valence-electron chi connectivity index (χ4n) is 4.62. The molecule has 2 aromatic carbocycles. The summed E-state index contributed by atoms with van der Waals surface area (Å²) >= 11 is 0. The number of piperidine rings is 1. The van der Waals surface area contributed by atoms with Gasteiger partial charge in [0.25, 0.3) is 0 Å². The summed E-state index contributed by atoms with van der Waals surface area (Å²) in [7, 11) is 0. The van der Waals surface area contributed by atoms with Crippen LogP contribution in [0.25, 0.3) is 0 Å². The lowest BCUT2D eigenvalue weighted by Gasteiger charge is -2.47. The molecule has 4 heteroatoms. The number of ether oxygens (including phenoxy) is 1. The highest BCUT2D eigenvalue weighted by molar-refractivity contribution is 5.28. The van der Waals surface area contributed by atoms with Gasteiger partial charge >= 0.3 is 0 Å². The molecule has 158 valence electrons. The van der Waals surface area contributed by atoms with Crippen molar-refractivity contribution >= 4 is 0 Å². The van der Waals surface area contributed by atoms with Crippen LogP contribution in [-0.4, -0.2) is 29.7 Å². The van der Waals surface area contributed by atoms with Gasteiger partial charge in [-0.2, -0.15) is 0 Å². The zero-order chi connectivity index (χ0) is 20.9. The molecular formula is C25H37N3O. The molecule has 2 aromatic rings. The van der Waals surface area contributed by atoms with E-state index in [1.807, 2.05) is 30.3 Å². The van der Waals surface area contributed by atoms with Gasteiger partial charge in [-0.1, -0.05) is 42.5 Å². The Morgan fingerprint density at radius 1 is 0.966 bits per heavy atom. The molecule has 0 unspecified atom stereocenters. The maximum atomic E-state index is 6.42. The van der Waals surface area contributed by atoms with Crippen molar-refractivity contribution in [3.63, 3.8) is 0 Å². The first-order chi connectivity index (χ1) is 13.7. The minimum Gasteiger partial charge on any atom is -0.489 e. The van der Waals surface area contributed by atoms with Crippen LogP contribution in [0.1, 0.15) is 51.7 Å². The summed E-state index contributed by atoms with van der Waals surface area (Å²) in [6.07, 6.45) is 3.11. The fourth-order valence-corrected chi connectivity index (χ4v) is 4.62. The number of hydrogen-bond acceptors (Lipinski definition) is 4. The van der Waals surface area contributed by atoms with Crippen molar-refractivity contribution in [2.24, 2.45) is 5.73 Å². The van der Waals surface area contributed by atoms with Crippen LogP contribution >= 0.6 is 0 Å². The number of nitrogens with two attached hydrogens (primary N) is 1. The third-order valence-electron chi connectivity index (χ3n) is 5.53. The first-order valence-corrected chi connectivity index (χ1v) is 10.7. The molecule has 3 rings (SSSR count). The van der Waals surface area contributed by atoms with Crippen LogP contribution in [-0.2, 0) is 13.0 Å². The van der Waals surface area contributed by atoms with Crippen LogP contribution < -0.4 is 21.1 Å². The van der Waals surface area contributed by atoms with E-state index >= 15 is 0 Å². The number of benzene rings is 2. The maximum absolute atomic E-state index is 6.42. The molecule has 4 N–H and O–H groups in total. The van der Waals surface area contributed by atoms with Crippen LogP contribution in [0.15, 0.2) is 54.6 Å². The monoisotopic (exact) mass is 395 g/mol. The lowest BCUT2D eigenvalue weighted by molar-refractivity contribution is 0.145. The predicted molar refractivity (Wildman–Crippen MR) is 121 cm³/mol. The Morgan fingerprint density at radius 3 is 2.21 bits per heavy atom. The molecule has 4 nitrogen and oxygen atoms in total. The van der Waals surface area contributed by atoms with E-state index in [1.54, 1.807) is 0 Å². The van der Waals surface area contributed by atoms with E-state index in [0.717, 1.165) is 31.6 Å². The Kier molecular flexibility index (Phi) is 6.99. The van der Waals surface area contributed by atoms with Gasteiger partial charge in [0.2, 0.25) is 0 Å². The maximum Gasteiger partial charge on any atom is 0.119 e. The van der Waals surface area contributed by atoms with Gasteiger partial charge in [0.1, 0.15) is 12.4 Å². The van der Waals surface area contributed by atoms with Crippen molar-refractivity contribution in [1.29, 1.82) is 0 Å². The van der Waals surface area contributed by atoms with Gasteiger partial charge < -0.3 is 21.1 Å². The van der Waals surface area contributed by atoms with Crippen molar-refractivity contribution in [2.45, 2.75) is 76.7 Å². The molecule has 0 spiro atoms. The Balaban J connectivity index is 1.44. The molecule has 0 aromatic heterocycles. The van der Waals surface area contributed by atoms with E-state index in [2.05, 4.69) is 62.6 Å². The summed E-state index contributed by atoms with van der Waals surface area (Å²) in [6.45, 7) is 10.6. The molecule has 0 bridgehead atoms. The molecule has 1 atom stereocenters. The third kappa shape index (κ3) is 7.14. The molecule has 0 aliphatic carbocycles. The second-order valence-electron chi connectivity index (χ2n) is 9.79. The second-order valence-corrected chi connectivity index (χ2v) is 9.79. The summed E-state index contributed by atoms with van der Waals surface area (Å²) in [5.41, 5.74) is 9.15. The highest BCUT2D eigenvalue weighted by Crippen LogP contribution is 2.28. The quantitative estimate of drug-likeness (QED) is 0.631. The SMILES string of the molecule is CC1(C)CC(NC[C@@H](N)Cc2ccc(OCc3ccccc3)cc2)CC(C)(C)N1. The molecule has 0 amide bonds. The smallest absolute Gasteiger partial charge is 0.119 e.